The molecule has 1 atom stereocenters. The number of piperidine rings is 1. The van der Waals surface area contributed by atoms with Crippen LogP contribution in [0, 0.1) is 5.92 Å². The van der Waals surface area contributed by atoms with E-state index in [4.69, 9.17) is 0 Å². The largest absolute Gasteiger partial charge is 0.353 e. The quantitative estimate of drug-likeness (QED) is 0.665. The van der Waals surface area contributed by atoms with Gasteiger partial charge in [-0.1, -0.05) is 30.3 Å². The van der Waals surface area contributed by atoms with Gasteiger partial charge in [0.25, 0.3) is 5.56 Å². The van der Waals surface area contributed by atoms with Crippen LogP contribution in [-0.2, 0) is 18.3 Å². The van der Waals surface area contributed by atoms with Gasteiger partial charge in [0.2, 0.25) is 5.91 Å². The zero-order chi connectivity index (χ0) is 21.8. The van der Waals surface area contributed by atoms with Crippen molar-refractivity contribution in [2.45, 2.75) is 38.6 Å². The van der Waals surface area contributed by atoms with Crippen molar-refractivity contribution in [1.82, 2.24) is 19.9 Å². The predicted octanol–water partition coefficient (Wildman–Crippen LogP) is 2.68. The molecule has 162 valence electrons. The van der Waals surface area contributed by atoms with Gasteiger partial charge in [-0.05, 0) is 50.3 Å². The highest BCUT2D eigenvalue weighted by molar-refractivity contribution is 5.79. The molecule has 3 heterocycles. The third kappa shape index (κ3) is 4.76. The molecule has 0 bridgehead atoms. The number of fused-ring (bicyclic) bond motifs is 1. The number of hydrogen-bond donors (Lipinski definition) is 1. The van der Waals surface area contributed by atoms with Crippen LogP contribution < -0.4 is 15.8 Å². The minimum atomic E-state index is -0.149. The van der Waals surface area contributed by atoms with Crippen LogP contribution >= 0.6 is 0 Å². The lowest BCUT2D eigenvalue weighted by Crippen LogP contribution is -2.45. The minimum Gasteiger partial charge on any atom is -0.353 e. The van der Waals surface area contributed by atoms with E-state index in [0.717, 1.165) is 12.8 Å². The second-order valence-electron chi connectivity index (χ2n) is 8.34. The Morgan fingerprint density at radius 3 is 2.65 bits per heavy atom. The number of anilines is 1. The number of aryl methyl sites for hydroxylation is 2. The number of rotatable bonds is 6. The molecule has 1 saturated heterocycles. The Morgan fingerprint density at radius 1 is 1.16 bits per heavy atom. The Bertz CT molecular complexity index is 1100. The number of hydrogen-bond acceptors (Lipinski definition) is 5. The summed E-state index contributed by atoms with van der Waals surface area (Å²) in [5, 5.41) is 3.17. The van der Waals surface area contributed by atoms with Gasteiger partial charge in [-0.2, -0.15) is 0 Å². The van der Waals surface area contributed by atoms with Gasteiger partial charge in [-0.3, -0.25) is 14.2 Å². The Morgan fingerprint density at radius 2 is 1.90 bits per heavy atom. The van der Waals surface area contributed by atoms with Gasteiger partial charge in [0.05, 0.1) is 0 Å². The summed E-state index contributed by atoms with van der Waals surface area (Å²) in [5.74, 6) is 0.531. The fourth-order valence-corrected chi connectivity index (χ4v) is 4.16. The van der Waals surface area contributed by atoms with Crippen molar-refractivity contribution in [3.8, 4) is 0 Å². The van der Waals surface area contributed by atoms with Gasteiger partial charge < -0.3 is 10.2 Å². The number of pyridine rings is 1. The molecule has 1 unspecified atom stereocenters. The van der Waals surface area contributed by atoms with Crippen LogP contribution in [0.5, 0.6) is 0 Å². The Balaban J connectivity index is 1.33. The van der Waals surface area contributed by atoms with Crippen molar-refractivity contribution in [2.75, 3.05) is 18.0 Å². The van der Waals surface area contributed by atoms with Crippen LogP contribution in [0.15, 0.2) is 53.5 Å². The Kier molecular flexibility index (Phi) is 6.30. The molecule has 1 aliphatic heterocycles. The summed E-state index contributed by atoms with van der Waals surface area (Å²) in [6.45, 7) is 3.35. The molecule has 2 aromatic heterocycles. The Labute approximate surface area is 182 Å². The predicted molar refractivity (Wildman–Crippen MR) is 122 cm³/mol. The lowest BCUT2D eigenvalue weighted by Gasteiger charge is -2.32. The van der Waals surface area contributed by atoms with Gasteiger partial charge in [0, 0.05) is 38.3 Å². The third-order valence-electron chi connectivity index (χ3n) is 6.07. The van der Waals surface area contributed by atoms with Crippen LogP contribution in [0.1, 0.15) is 31.7 Å². The molecule has 0 aliphatic carbocycles. The fraction of sp³-hybridized carbons (Fsp3) is 0.417. The van der Waals surface area contributed by atoms with Crippen molar-refractivity contribution in [3.63, 3.8) is 0 Å². The SMILES string of the molecule is CC(CCc1ccccc1)NC(=O)C1CCN(c2nc3cccnc3n(C)c2=O)CC1. The first-order valence-electron chi connectivity index (χ1n) is 10.9. The van der Waals surface area contributed by atoms with Gasteiger partial charge in [-0.25, -0.2) is 9.97 Å². The standard InChI is InChI=1S/C24H29N5O2/c1-17(10-11-18-7-4-3-5-8-18)26-23(30)19-12-15-29(16-13-19)22-24(31)28(2)21-20(27-22)9-6-14-25-21/h3-9,14,17,19H,10-13,15-16H2,1-2H3,(H,26,30). The number of amides is 1. The number of carbonyl (C=O) groups excluding carboxylic acids is 1. The zero-order valence-corrected chi connectivity index (χ0v) is 18.1. The summed E-state index contributed by atoms with van der Waals surface area (Å²) in [6.07, 6.45) is 4.96. The van der Waals surface area contributed by atoms with Crippen LogP contribution in [0.2, 0.25) is 0 Å². The van der Waals surface area contributed by atoms with Crippen molar-refractivity contribution >= 4 is 22.9 Å². The average Bonchev–Trinajstić information content (AvgIpc) is 2.81. The second kappa shape index (κ2) is 9.29. The van der Waals surface area contributed by atoms with E-state index in [0.29, 0.717) is 42.9 Å². The molecule has 4 rings (SSSR count). The van der Waals surface area contributed by atoms with Crippen LogP contribution in [-0.4, -0.2) is 39.6 Å². The van der Waals surface area contributed by atoms with Crippen molar-refractivity contribution < 1.29 is 4.79 Å². The maximum Gasteiger partial charge on any atom is 0.294 e. The second-order valence-corrected chi connectivity index (χ2v) is 8.34. The van der Waals surface area contributed by atoms with E-state index in [-0.39, 0.29) is 23.4 Å². The maximum atomic E-state index is 12.8. The molecule has 1 amide bonds. The molecule has 1 N–H and O–H groups in total. The summed E-state index contributed by atoms with van der Waals surface area (Å²) >= 11 is 0. The van der Waals surface area contributed by atoms with Crippen LogP contribution in [0.25, 0.3) is 11.2 Å². The highest BCUT2D eigenvalue weighted by Crippen LogP contribution is 2.21. The maximum absolute atomic E-state index is 12.8. The highest BCUT2D eigenvalue weighted by atomic mass is 16.2. The first-order chi connectivity index (χ1) is 15.0. The van der Waals surface area contributed by atoms with E-state index < -0.39 is 0 Å². The van der Waals surface area contributed by atoms with Crippen molar-refractivity contribution in [2.24, 2.45) is 13.0 Å². The number of carbonyl (C=O) groups is 1. The molecular formula is C24H29N5O2. The smallest absolute Gasteiger partial charge is 0.294 e. The molecule has 7 nitrogen and oxygen atoms in total. The van der Waals surface area contributed by atoms with E-state index in [1.807, 2.05) is 35.2 Å². The number of benzene rings is 1. The first kappa shape index (κ1) is 21.0. The molecule has 31 heavy (non-hydrogen) atoms. The molecule has 0 radical (unpaired) electrons. The van der Waals surface area contributed by atoms with Crippen molar-refractivity contribution in [3.05, 3.63) is 64.6 Å². The number of aromatic nitrogens is 3. The molecule has 1 aromatic carbocycles. The van der Waals surface area contributed by atoms with E-state index in [1.165, 1.54) is 5.56 Å². The van der Waals surface area contributed by atoms with E-state index in [9.17, 15) is 9.59 Å². The Hall–Kier alpha value is -3.22. The topological polar surface area (TPSA) is 80.1 Å². The monoisotopic (exact) mass is 419 g/mol. The van der Waals surface area contributed by atoms with Crippen LogP contribution in [0.4, 0.5) is 5.82 Å². The van der Waals surface area contributed by atoms with E-state index in [1.54, 1.807) is 17.8 Å². The number of nitrogens with one attached hydrogen (secondary N) is 1. The lowest BCUT2D eigenvalue weighted by atomic mass is 9.95. The molecule has 0 spiro atoms. The minimum absolute atomic E-state index is 0.0265. The van der Waals surface area contributed by atoms with E-state index >= 15 is 0 Å². The average molecular weight is 420 g/mol. The zero-order valence-electron chi connectivity index (χ0n) is 18.1. The van der Waals surface area contributed by atoms with Crippen LogP contribution in [0.3, 0.4) is 0 Å². The van der Waals surface area contributed by atoms with Gasteiger partial charge in [0.15, 0.2) is 11.5 Å². The molecular weight excluding hydrogens is 390 g/mol. The summed E-state index contributed by atoms with van der Waals surface area (Å²) < 4.78 is 1.55. The molecule has 1 aliphatic rings. The molecule has 3 aromatic rings. The third-order valence-corrected chi connectivity index (χ3v) is 6.07. The molecule has 0 saturated carbocycles. The first-order valence-corrected chi connectivity index (χ1v) is 10.9. The van der Waals surface area contributed by atoms with Crippen molar-refractivity contribution in [1.29, 1.82) is 0 Å². The normalized spacial score (nSPS) is 15.7. The van der Waals surface area contributed by atoms with E-state index in [2.05, 4.69) is 34.3 Å². The van der Waals surface area contributed by atoms with Gasteiger partial charge in [-0.15, -0.1) is 0 Å². The summed E-state index contributed by atoms with van der Waals surface area (Å²) in [6, 6.07) is 14.1. The molecule has 7 heteroatoms. The summed E-state index contributed by atoms with van der Waals surface area (Å²) in [7, 11) is 1.72. The van der Waals surface area contributed by atoms with Gasteiger partial charge in [0.1, 0.15) is 5.52 Å². The highest BCUT2D eigenvalue weighted by Gasteiger charge is 2.28. The number of nitrogens with zero attached hydrogens (tertiary/aromatic N) is 4. The van der Waals surface area contributed by atoms with Gasteiger partial charge >= 0.3 is 0 Å². The molecule has 1 fully saturated rings. The summed E-state index contributed by atoms with van der Waals surface area (Å²) in [4.78, 5) is 36.3. The fourth-order valence-electron chi connectivity index (χ4n) is 4.16. The summed E-state index contributed by atoms with van der Waals surface area (Å²) in [5.41, 5.74) is 2.42. The lowest BCUT2D eigenvalue weighted by molar-refractivity contribution is -0.126.